The zero-order valence-electron chi connectivity index (χ0n) is 18.5. The molecule has 1 aromatic carbocycles. The van der Waals surface area contributed by atoms with Crippen molar-refractivity contribution >= 4 is 34.4 Å². The summed E-state index contributed by atoms with van der Waals surface area (Å²) in [7, 11) is 0. The van der Waals surface area contributed by atoms with Crippen molar-refractivity contribution in [2.45, 2.75) is 66.3 Å². The van der Waals surface area contributed by atoms with Crippen LogP contribution in [0.25, 0.3) is 11.2 Å². The highest BCUT2D eigenvalue weighted by atomic mass is 35.5. The van der Waals surface area contributed by atoms with Crippen molar-refractivity contribution < 1.29 is 9.90 Å². The molecule has 0 bridgehead atoms. The zero-order valence-corrected chi connectivity index (χ0v) is 19.3. The predicted octanol–water partition coefficient (Wildman–Crippen LogP) is 2.66. The molecule has 10 heteroatoms. The Labute approximate surface area is 190 Å². The summed E-state index contributed by atoms with van der Waals surface area (Å²) in [5.74, 6) is -0.199. The Kier molecular flexibility index (Phi) is 7.52. The Hall–Kier alpha value is -2.91. The fraction of sp³-hybridized carbons (Fsp3) is 0.455. The van der Waals surface area contributed by atoms with E-state index in [2.05, 4.69) is 10.3 Å². The first kappa shape index (κ1) is 23.7. The molecule has 2 N–H and O–H groups in total. The van der Waals surface area contributed by atoms with Crippen LogP contribution >= 0.6 is 11.6 Å². The molecule has 3 aromatic rings. The van der Waals surface area contributed by atoms with Crippen LogP contribution in [0.3, 0.4) is 0 Å². The van der Waals surface area contributed by atoms with Crippen LogP contribution < -0.4 is 16.6 Å². The third-order valence-electron chi connectivity index (χ3n) is 5.27. The van der Waals surface area contributed by atoms with Crippen LogP contribution in [0.15, 0.2) is 27.8 Å². The maximum atomic E-state index is 13.3. The summed E-state index contributed by atoms with van der Waals surface area (Å²) >= 11 is 6.12. The standard InChI is InChI=1S/C22H28ClN5O4/c1-4-6-10-27-20-19(26(9-5-2)17(13-29)25-20)21(31)28(22(27)32)12-18(30)24-15-8-7-14(3)16(23)11-15/h7-8,11,29H,4-6,9-10,12-13H2,1-3H3,(H,24,30). The van der Waals surface area contributed by atoms with Gasteiger partial charge in [0.2, 0.25) is 5.91 Å². The molecule has 1 amide bonds. The second kappa shape index (κ2) is 10.1. The van der Waals surface area contributed by atoms with Gasteiger partial charge in [0.05, 0.1) is 0 Å². The molecule has 2 heterocycles. The number of hydrogen-bond donors (Lipinski definition) is 2. The van der Waals surface area contributed by atoms with Gasteiger partial charge in [0.1, 0.15) is 19.0 Å². The molecule has 0 fully saturated rings. The Morgan fingerprint density at radius 3 is 2.50 bits per heavy atom. The normalized spacial score (nSPS) is 11.3. The van der Waals surface area contributed by atoms with Gasteiger partial charge in [-0.1, -0.05) is 37.9 Å². The smallest absolute Gasteiger partial charge is 0.333 e. The minimum absolute atomic E-state index is 0.220. The number of unbranched alkanes of at least 4 members (excludes halogenated alkanes) is 1. The van der Waals surface area contributed by atoms with E-state index in [0.29, 0.717) is 42.5 Å². The highest BCUT2D eigenvalue weighted by molar-refractivity contribution is 6.31. The fourth-order valence-corrected chi connectivity index (χ4v) is 3.77. The number of anilines is 1. The number of aliphatic hydroxyl groups excluding tert-OH is 1. The second-order valence-corrected chi connectivity index (χ2v) is 8.11. The van der Waals surface area contributed by atoms with E-state index in [1.165, 1.54) is 4.57 Å². The lowest BCUT2D eigenvalue weighted by Gasteiger charge is -2.13. The van der Waals surface area contributed by atoms with Crippen LogP contribution in [-0.2, 0) is 31.0 Å². The molecular formula is C22H28ClN5O4. The van der Waals surface area contributed by atoms with E-state index < -0.39 is 23.7 Å². The number of carbonyl (C=O) groups excluding carboxylic acids is 1. The molecule has 0 radical (unpaired) electrons. The number of fused-ring (bicyclic) bond motifs is 1. The molecule has 0 aliphatic carbocycles. The third kappa shape index (κ3) is 4.63. The van der Waals surface area contributed by atoms with Gasteiger partial charge in [-0.3, -0.25) is 14.2 Å². The third-order valence-corrected chi connectivity index (χ3v) is 5.68. The van der Waals surface area contributed by atoms with Crippen LogP contribution in [-0.4, -0.2) is 29.7 Å². The Morgan fingerprint density at radius 2 is 1.88 bits per heavy atom. The summed E-state index contributed by atoms with van der Waals surface area (Å²) in [5, 5.41) is 12.9. The Bertz CT molecular complexity index is 1260. The number of imidazole rings is 1. The number of hydrogen-bond acceptors (Lipinski definition) is 5. The van der Waals surface area contributed by atoms with Crippen LogP contribution in [0.5, 0.6) is 0 Å². The highest BCUT2D eigenvalue weighted by Gasteiger charge is 2.22. The quantitative estimate of drug-likeness (QED) is 0.509. The van der Waals surface area contributed by atoms with E-state index in [9.17, 15) is 19.5 Å². The zero-order chi connectivity index (χ0) is 23.4. The van der Waals surface area contributed by atoms with Gasteiger partial charge in [0.15, 0.2) is 11.2 Å². The van der Waals surface area contributed by atoms with Crippen molar-refractivity contribution in [3.05, 3.63) is 55.4 Å². The Morgan fingerprint density at radius 1 is 1.12 bits per heavy atom. The number of aromatic nitrogens is 4. The monoisotopic (exact) mass is 461 g/mol. The van der Waals surface area contributed by atoms with Crippen LogP contribution in [0, 0.1) is 6.92 Å². The minimum atomic E-state index is -0.601. The summed E-state index contributed by atoms with van der Waals surface area (Å²) in [4.78, 5) is 43.5. The van der Waals surface area contributed by atoms with E-state index in [0.717, 1.165) is 16.6 Å². The number of amides is 1. The largest absolute Gasteiger partial charge is 0.388 e. The van der Waals surface area contributed by atoms with Gasteiger partial charge in [0.25, 0.3) is 5.56 Å². The number of rotatable bonds is 9. The van der Waals surface area contributed by atoms with Crippen LogP contribution in [0.1, 0.15) is 44.5 Å². The molecule has 0 aliphatic rings. The molecule has 0 saturated heterocycles. The number of aliphatic hydroxyl groups is 1. The van der Waals surface area contributed by atoms with Crippen molar-refractivity contribution in [2.24, 2.45) is 0 Å². The van der Waals surface area contributed by atoms with E-state index in [1.54, 1.807) is 22.8 Å². The first-order valence-electron chi connectivity index (χ1n) is 10.7. The molecule has 0 unspecified atom stereocenters. The average molecular weight is 462 g/mol. The second-order valence-electron chi connectivity index (χ2n) is 7.70. The van der Waals surface area contributed by atoms with Crippen molar-refractivity contribution in [1.82, 2.24) is 18.7 Å². The van der Waals surface area contributed by atoms with Gasteiger partial charge in [-0.05, 0) is 37.5 Å². The first-order chi connectivity index (χ1) is 15.3. The molecule has 172 valence electrons. The van der Waals surface area contributed by atoms with Crippen molar-refractivity contribution in [3.63, 3.8) is 0 Å². The maximum Gasteiger partial charge on any atom is 0.333 e. The molecule has 0 spiro atoms. The number of nitrogens with one attached hydrogen (secondary N) is 1. The number of halogens is 1. The summed E-state index contributed by atoms with van der Waals surface area (Å²) in [6, 6.07) is 5.09. The lowest BCUT2D eigenvalue weighted by atomic mass is 10.2. The van der Waals surface area contributed by atoms with Gasteiger partial charge >= 0.3 is 5.69 Å². The molecule has 2 aromatic heterocycles. The molecule has 3 rings (SSSR count). The number of carbonyl (C=O) groups is 1. The summed E-state index contributed by atoms with van der Waals surface area (Å²) in [6.07, 6.45) is 2.25. The predicted molar refractivity (Wildman–Crippen MR) is 124 cm³/mol. The number of aryl methyl sites for hydroxylation is 3. The van der Waals surface area contributed by atoms with Gasteiger partial charge in [-0.2, -0.15) is 0 Å². The number of benzene rings is 1. The van der Waals surface area contributed by atoms with Crippen LogP contribution in [0.4, 0.5) is 5.69 Å². The average Bonchev–Trinajstić information content (AvgIpc) is 3.12. The molecule has 0 atom stereocenters. The number of nitrogens with zero attached hydrogens (tertiary/aromatic N) is 4. The van der Waals surface area contributed by atoms with E-state index >= 15 is 0 Å². The first-order valence-corrected chi connectivity index (χ1v) is 11.1. The molecule has 0 saturated carbocycles. The highest BCUT2D eigenvalue weighted by Crippen LogP contribution is 2.20. The molecular weight excluding hydrogens is 434 g/mol. The minimum Gasteiger partial charge on any atom is -0.388 e. The Balaban J connectivity index is 2.09. The lowest BCUT2D eigenvalue weighted by molar-refractivity contribution is -0.116. The van der Waals surface area contributed by atoms with E-state index in [-0.39, 0.29) is 17.8 Å². The van der Waals surface area contributed by atoms with Crippen molar-refractivity contribution in [2.75, 3.05) is 5.32 Å². The van der Waals surface area contributed by atoms with E-state index in [4.69, 9.17) is 11.6 Å². The lowest BCUT2D eigenvalue weighted by Crippen LogP contribution is -2.43. The van der Waals surface area contributed by atoms with Crippen LogP contribution in [0.2, 0.25) is 5.02 Å². The van der Waals surface area contributed by atoms with Gasteiger partial charge < -0.3 is 15.0 Å². The fourth-order valence-electron chi connectivity index (χ4n) is 3.59. The van der Waals surface area contributed by atoms with Gasteiger partial charge in [0, 0.05) is 23.8 Å². The van der Waals surface area contributed by atoms with Crippen molar-refractivity contribution in [1.29, 1.82) is 0 Å². The summed E-state index contributed by atoms with van der Waals surface area (Å²) in [6.45, 7) is 5.80. The van der Waals surface area contributed by atoms with Gasteiger partial charge in [-0.25, -0.2) is 14.3 Å². The summed E-state index contributed by atoms with van der Waals surface area (Å²) < 4.78 is 3.98. The summed E-state index contributed by atoms with van der Waals surface area (Å²) in [5.41, 5.74) is 0.610. The maximum absolute atomic E-state index is 13.3. The van der Waals surface area contributed by atoms with E-state index in [1.807, 2.05) is 20.8 Å². The molecule has 32 heavy (non-hydrogen) atoms. The SMILES string of the molecule is CCCCn1c(=O)n(CC(=O)Nc2ccc(C)c(Cl)c2)c(=O)c2c1nc(CO)n2CCC. The van der Waals surface area contributed by atoms with Crippen molar-refractivity contribution in [3.8, 4) is 0 Å². The molecule has 0 aliphatic heterocycles. The molecule has 9 nitrogen and oxygen atoms in total. The topological polar surface area (TPSA) is 111 Å². The van der Waals surface area contributed by atoms with Gasteiger partial charge in [-0.15, -0.1) is 0 Å².